The summed E-state index contributed by atoms with van der Waals surface area (Å²) in [4.78, 5) is 23.7. The van der Waals surface area contributed by atoms with Crippen molar-refractivity contribution in [3.8, 4) is 0 Å². The third-order valence-electron chi connectivity index (χ3n) is 2.33. The Morgan fingerprint density at radius 2 is 1.82 bits per heavy atom. The Morgan fingerprint density at radius 3 is 2.24 bits per heavy atom. The third-order valence-corrected chi connectivity index (χ3v) is 2.58. The Kier molecular flexibility index (Phi) is 4.52. The Balaban J connectivity index is 2.90. The summed E-state index contributed by atoms with van der Waals surface area (Å²) in [5.41, 5.74) is 0.441. The van der Waals surface area contributed by atoms with Gasteiger partial charge in [0.15, 0.2) is 5.78 Å². The van der Waals surface area contributed by atoms with Crippen molar-refractivity contribution in [1.29, 1.82) is 0 Å². The van der Waals surface area contributed by atoms with Crippen LogP contribution in [0.5, 0.6) is 0 Å². The second-order valence-electron chi connectivity index (χ2n) is 3.97. The lowest BCUT2D eigenvalue weighted by atomic mass is 10.1. The molecular formula is C12H14ClNO3. The fourth-order valence-corrected chi connectivity index (χ4v) is 1.35. The molecule has 17 heavy (non-hydrogen) atoms. The molecule has 0 atom stereocenters. The molecule has 1 aromatic rings. The predicted octanol–water partition coefficient (Wildman–Crippen LogP) is 3.05. The average Bonchev–Trinajstić information content (AvgIpc) is 2.26. The molecule has 0 aliphatic rings. The molecule has 0 radical (unpaired) electrons. The van der Waals surface area contributed by atoms with Crippen LogP contribution in [0.15, 0.2) is 24.3 Å². The molecule has 1 aromatic carbocycles. The predicted molar refractivity (Wildman–Crippen MR) is 66.7 cm³/mol. The van der Waals surface area contributed by atoms with E-state index in [-0.39, 0.29) is 18.2 Å². The fourth-order valence-electron chi connectivity index (χ4n) is 1.23. The van der Waals surface area contributed by atoms with Gasteiger partial charge in [-0.1, -0.05) is 25.4 Å². The summed E-state index contributed by atoms with van der Waals surface area (Å²) in [6.07, 6.45) is -1.15. The van der Waals surface area contributed by atoms with Gasteiger partial charge in [-0.25, -0.2) is 4.79 Å². The van der Waals surface area contributed by atoms with Gasteiger partial charge in [-0.3, -0.25) is 9.69 Å². The lowest BCUT2D eigenvalue weighted by Crippen LogP contribution is -2.36. The lowest BCUT2D eigenvalue weighted by molar-refractivity contribution is -0.120. The van der Waals surface area contributed by atoms with Gasteiger partial charge in [-0.15, -0.1) is 0 Å². The molecule has 0 bridgehead atoms. The van der Waals surface area contributed by atoms with Crippen molar-refractivity contribution >= 4 is 29.2 Å². The monoisotopic (exact) mass is 255 g/mol. The maximum atomic E-state index is 11.6. The van der Waals surface area contributed by atoms with E-state index < -0.39 is 6.09 Å². The molecule has 92 valence electrons. The molecule has 0 saturated heterocycles. The van der Waals surface area contributed by atoms with Gasteiger partial charge in [0, 0.05) is 16.6 Å². The molecule has 5 heteroatoms. The minimum atomic E-state index is -1.15. The zero-order chi connectivity index (χ0) is 13.0. The number of ketones is 1. The standard InChI is InChI=1S/C12H14ClNO3/c1-8(2)11(15)7-14(12(16)17)10-5-3-9(13)4-6-10/h3-6,8H,7H2,1-2H3,(H,16,17). The van der Waals surface area contributed by atoms with Crippen molar-refractivity contribution in [2.45, 2.75) is 13.8 Å². The zero-order valence-corrected chi connectivity index (χ0v) is 10.4. The Bertz CT molecular complexity index is 414. The zero-order valence-electron chi connectivity index (χ0n) is 9.68. The minimum absolute atomic E-state index is 0.123. The summed E-state index contributed by atoms with van der Waals surface area (Å²) in [6, 6.07) is 6.33. The van der Waals surface area contributed by atoms with Gasteiger partial charge in [0.25, 0.3) is 0 Å². The van der Waals surface area contributed by atoms with Gasteiger partial charge in [-0.05, 0) is 24.3 Å². The van der Waals surface area contributed by atoms with E-state index in [9.17, 15) is 9.59 Å². The van der Waals surface area contributed by atoms with Crippen molar-refractivity contribution < 1.29 is 14.7 Å². The number of carboxylic acid groups (broad SMARTS) is 1. The first-order valence-corrected chi connectivity index (χ1v) is 5.58. The minimum Gasteiger partial charge on any atom is -0.465 e. The largest absolute Gasteiger partial charge is 0.465 e. The summed E-state index contributed by atoms with van der Waals surface area (Å²) < 4.78 is 0. The molecule has 0 aromatic heterocycles. The molecule has 0 heterocycles. The van der Waals surface area contributed by atoms with Gasteiger partial charge < -0.3 is 5.11 Å². The van der Waals surface area contributed by atoms with Crippen LogP contribution >= 0.6 is 11.6 Å². The number of halogens is 1. The van der Waals surface area contributed by atoms with Crippen LogP contribution in [0.3, 0.4) is 0 Å². The maximum absolute atomic E-state index is 11.6. The lowest BCUT2D eigenvalue weighted by Gasteiger charge is -2.19. The smallest absolute Gasteiger partial charge is 0.412 e. The molecule has 0 unspecified atom stereocenters. The van der Waals surface area contributed by atoms with Gasteiger partial charge in [0.05, 0.1) is 6.54 Å². The Morgan fingerprint density at radius 1 is 1.29 bits per heavy atom. The van der Waals surface area contributed by atoms with E-state index in [1.807, 2.05) is 0 Å². The molecule has 0 aliphatic carbocycles. The normalized spacial score (nSPS) is 10.4. The van der Waals surface area contributed by atoms with E-state index in [2.05, 4.69) is 0 Å². The molecule has 0 spiro atoms. The van der Waals surface area contributed by atoms with Crippen LogP contribution in [0.25, 0.3) is 0 Å². The number of carbonyl (C=O) groups is 2. The second-order valence-corrected chi connectivity index (χ2v) is 4.40. The summed E-state index contributed by atoms with van der Waals surface area (Å²) in [5, 5.41) is 9.59. The molecule has 1 N–H and O–H groups in total. The van der Waals surface area contributed by atoms with Crippen LogP contribution in [0.1, 0.15) is 13.8 Å². The second kappa shape index (κ2) is 5.68. The highest BCUT2D eigenvalue weighted by Gasteiger charge is 2.19. The Hall–Kier alpha value is -1.55. The van der Waals surface area contributed by atoms with Crippen LogP contribution < -0.4 is 4.90 Å². The van der Waals surface area contributed by atoms with Gasteiger partial charge in [-0.2, -0.15) is 0 Å². The quantitative estimate of drug-likeness (QED) is 0.900. The van der Waals surface area contributed by atoms with E-state index in [0.29, 0.717) is 10.7 Å². The van der Waals surface area contributed by atoms with Crippen molar-refractivity contribution in [3.63, 3.8) is 0 Å². The molecule has 0 aliphatic heterocycles. The topological polar surface area (TPSA) is 57.6 Å². The summed E-state index contributed by atoms with van der Waals surface area (Å²) in [7, 11) is 0. The van der Waals surface area contributed by atoms with Crippen LogP contribution in [0.2, 0.25) is 5.02 Å². The first-order chi connectivity index (χ1) is 7.91. The highest BCUT2D eigenvalue weighted by Crippen LogP contribution is 2.18. The van der Waals surface area contributed by atoms with Crippen LogP contribution in [0.4, 0.5) is 10.5 Å². The van der Waals surface area contributed by atoms with E-state index in [0.717, 1.165) is 4.90 Å². The van der Waals surface area contributed by atoms with Crippen molar-refractivity contribution in [3.05, 3.63) is 29.3 Å². The molecule has 1 rings (SSSR count). The van der Waals surface area contributed by atoms with Crippen molar-refractivity contribution in [2.24, 2.45) is 5.92 Å². The highest BCUT2D eigenvalue weighted by atomic mass is 35.5. The number of rotatable bonds is 4. The third kappa shape index (κ3) is 3.75. The molecule has 0 fully saturated rings. The Labute approximate surface area is 105 Å². The average molecular weight is 256 g/mol. The summed E-state index contributed by atoms with van der Waals surface area (Å²) in [5.74, 6) is -0.313. The number of carbonyl (C=O) groups excluding carboxylic acids is 1. The highest BCUT2D eigenvalue weighted by molar-refractivity contribution is 6.30. The summed E-state index contributed by atoms with van der Waals surface area (Å²) in [6.45, 7) is 3.34. The first kappa shape index (κ1) is 13.5. The van der Waals surface area contributed by atoms with E-state index >= 15 is 0 Å². The number of amides is 1. The number of hydrogen-bond donors (Lipinski definition) is 1. The van der Waals surface area contributed by atoms with Gasteiger partial charge >= 0.3 is 6.09 Å². The van der Waals surface area contributed by atoms with Crippen molar-refractivity contribution in [2.75, 3.05) is 11.4 Å². The van der Waals surface area contributed by atoms with Crippen LogP contribution in [-0.2, 0) is 4.79 Å². The molecular weight excluding hydrogens is 242 g/mol. The SMILES string of the molecule is CC(C)C(=O)CN(C(=O)O)c1ccc(Cl)cc1. The number of benzene rings is 1. The van der Waals surface area contributed by atoms with Gasteiger partial charge in [0.1, 0.15) is 0 Å². The van der Waals surface area contributed by atoms with E-state index in [1.165, 1.54) is 0 Å². The maximum Gasteiger partial charge on any atom is 0.412 e. The summed E-state index contributed by atoms with van der Waals surface area (Å²) >= 11 is 5.72. The van der Waals surface area contributed by atoms with E-state index in [4.69, 9.17) is 16.7 Å². The number of anilines is 1. The van der Waals surface area contributed by atoms with Crippen LogP contribution in [0, 0.1) is 5.92 Å². The number of nitrogens with zero attached hydrogens (tertiary/aromatic N) is 1. The molecule has 0 saturated carbocycles. The van der Waals surface area contributed by atoms with Gasteiger partial charge in [0.2, 0.25) is 0 Å². The van der Waals surface area contributed by atoms with E-state index in [1.54, 1.807) is 38.1 Å². The molecule has 4 nitrogen and oxygen atoms in total. The molecule has 1 amide bonds. The fraction of sp³-hybridized carbons (Fsp3) is 0.333. The van der Waals surface area contributed by atoms with Crippen LogP contribution in [-0.4, -0.2) is 23.5 Å². The number of Topliss-reactive ketones (excluding diaryl/α,β-unsaturated/α-hetero) is 1. The van der Waals surface area contributed by atoms with Crippen molar-refractivity contribution in [1.82, 2.24) is 0 Å². The number of hydrogen-bond acceptors (Lipinski definition) is 2. The first-order valence-electron chi connectivity index (χ1n) is 5.20.